The van der Waals surface area contributed by atoms with Crippen LogP contribution in [0.3, 0.4) is 0 Å². The number of rotatable bonds is 0. The summed E-state index contributed by atoms with van der Waals surface area (Å²) in [5.74, 6) is 2.65. The first-order valence-electron chi connectivity index (χ1n) is 12.5. The van der Waals surface area contributed by atoms with Gasteiger partial charge < -0.3 is 18.5 Å². The number of aromatic amines is 1. The molecule has 1 N–H and O–H groups in total. The average Bonchev–Trinajstić information content (AvgIpc) is 3.55. The van der Waals surface area contributed by atoms with Crippen LogP contribution in [0.25, 0.3) is 0 Å². The minimum Gasteiger partial charge on any atom is -0.367 e. The van der Waals surface area contributed by atoms with E-state index in [1.165, 1.54) is 9.48 Å². The van der Waals surface area contributed by atoms with Crippen LogP contribution in [0.1, 0.15) is 106 Å². The second-order valence-electron chi connectivity index (χ2n) is 12.9. The Balaban J connectivity index is -0.000000235. The quantitative estimate of drug-likeness (QED) is 0.202. The van der Waals surface area contributed by atoms with Crippen LogP contribution in [0.4, 0.5) is 0 Å². The van der Waals surface area contributed by atoms with E-state index in [-0.39, 0.29) is 153 Å². The van der Waals surface area contributed by atoms with Gasteiger partial charge in [0.2, 0.25) is 0 Å². The third kappa shape index (κ3) is 18.5. The van der Waals surface area contributed by atoms with E-state index in [9.17, 15) is 0 Å². The third-order valence-corrected chi connectivity index (χ3v) is 4.58. The number of H-pyrrole nitrogens is 1. The van der Waals surface area contributed by atoms with Crippen molar-refractivity contribution in [1.82, 2.24) is 76.0 Å². The molecule has 4 aromatic heterocycles. The van der Waals surface area contributed by atoms with E-state index >= 15 is 0 Å². The SMILES string of the molecule is [CH2-][n+]1nc(C(C)(C)C)n[nH]1.[CH2-]c1nnn(C(C)(C)C)n1.[CH2-]c1nnnn1C(C)(C)C.[CH2-]n1nnnc1C(C)(C)C.[Y].[Y].[Y].[Y]. The summed E-state index contributed by atoms with van der Waals surface area (Å²) >= 11 is 0. The van der Waals surface area contributed by atoms with E-state index in [0.717, 1.165) is 11.6 Å². The number of tetrazole rings is 4. The largest absolute Gasteiger partial charge is 0.367 e. The van der Waals surface area contributed by atoms with Gasteiger partial charge in [-0.2, -0.15) is 28.8 Å². The molecule has 0 aliphatic heterocycles. The van der Waals surface area contributed by atoms with Crippen molar-refractivity contribution in [3.63, 3.8) is 0 Å². The zero-order valence-corrected chi connectivity index (χ0v) is 39.7. The zero-order chi connectivity index (χ0) is 31.1. The maximum absolute atomic E-state index is 4.02. The van der Waals surface area contributed by atoms with Gasteiger partial charge in [-0.25, -0.2) is 5.10 Å². The molecule has 4 heterocycles. The van der Waals surface area contributed by atoms with E-state index < -0.39 is 0 Å². The van der Waals surface area contributed by atoms with E-state index in [1.807, 2.05) is 62.3 Å². The van der Waals surface area contributed by atoms with Gasteiger partial charge in [-0.1, -0.05) is 52.0 Å². The third-order valence-electron chi connectivity index (χ3n) is 4.58. The van der Waals surface area contributed by atoms with Gasteiger partial charge in [0.1, 0.15) is 0 Å². The summed E-state index contributed by atoms with van der Waals surface area (Å²) in [4.78, 5) is 2.90. The monoisotopic (exact) mass is 913 g/mol. The molecule has 0 aromatic carbocycles. The molecule has 0 saturated heterocycles. The van der Waals surface area contributed by atoms with E-state index in [1.54, 1.807) is 9.48 Å². The summed E-state index contributed by atoms with van der Waals surface area (Å²) in [6.07, 6.45) is 0. The summed E-state index contributed by atoms with van der Waals surface area (Å²) in [6, 6.07) is 0. The summed E-state index contributed by atoms with van der Waals surface area (Å²) in [5.41, 5.74) is -0.186. The van der Waals surface area contributed by atoms with Crippen LogP contribution < -0.4 is 4.80 Å². The number of aromatic nitrogens is 16. The summed E-state index contributed by atoms with van der Waals surface area (Å²) < 4.78 is 3.13. The number of hydrogen-bond acceptors (Lipinski definition) is 11. The van der Waals surface area contributed by atoms with Gasteiger partial charge in [-0.3, -0.25) is 4.68 Å². The fourth-order valence-electron chi connectivity index (χ4n) is 2.58. The van der Waals surface area contributed by atoms with Gasteiger partial charge in [0.05, 0.1) is 21.6 Å². The molecule has 44 heavy (non-hydrogen) atoms. The summed E-state index contributed by atoms with van der Waals surface area (Å²) in [7, 11) is 7.17. The second-order valence-corrected chi connectivity index (χ2v) is 12.9. The normalized spacial score (nSPS) is 10.8. The molecule has 4 radical (unpaired) electrons. The molecule has 20 heteroatoms. The van der Waals surface area contributed by atoms with Gasteiger partial charge in [-0.05, 0) is 72.9 Å². The molecule has 0 saturated carbocycles. The van der Waals surface area contributed by atoms with E-state index in [4.69, 9.17) is 0 Å². The molecule has 4 aromatic rings. The molecule has 0 spiro atoms. The topological polar surface area (TPSA) is 176 Å². The Kier molecular flexibility index (Phi) is 24.6. The predicted octanol–water partition coefficient (Wildman–Crippen LogP) is 1.85. The standard InChI is InChI=1S/C6H11N4.C6H12N4.2C6H11N4.4Y/c1-6(2,3)5-7-8-9-10(5)4;1-6(2,3)5-7-9-10(4)8-5;1-5-7-8-9-10(5)6(2,3)4;1-5-7-9-10(8-5)6(2,3)4;;;;/h4H2,1-3H3;4H2,1-3H3,(H,7,8,9);2*1H2,2-4H3;;;;/q-1;;2*-1;;;;. The van der Waals surface area contributed by atoms with Crippen LogP contribution in [0.2, 0.25) is 0 Å². The molecule has 236 valence electrons. The van der Waals surface area contributed by atoms with Crippen molar-refractivity contribution in [3.05, 3.63) is 51.2 Å². The zero-order valence-electron chi connectivity index (χ0n) is 28.3. The van der Waals surface area contributed by atoms with Crippen LogP contribution in [0.5, 0.6) is 0 Å². The maximum Gasteiger partial charge on any atom is 0.310 e. The Morgan fingerprint density at radius 2 is 1.20 bits per heavy atom. The Labute approximate surface area is 362 Å². The Morgan fingerprint density at radius 1 is 0.682 bits per heavy atom. The van der Waals surface area contributed by atoms with Crippen molar-refractivity contribution >= 4 is 0 Å². The molecule has 4 rings (SSSR count). The van der Waals surface area contributed by atoms with Crippen LogP contribution in [-0.2, 0) is 153 Å². The number of hydrogen-bond donors (Lipinski definition) is 1. The van der Waals surface area contributed by atoms with Gasteiger partial charge in [0.15, 0.2) is 0 Å². The number of nitrogens with zero attached hydrogens (tertiary/aromatic N) is 15. The van der Waals surface area contributed by atoms with Crippen molar-refractivity contribution in [2.24, 2.45) is 0 Å². The Morgan fingerprint density at radius 3 is 1.39 bits per heavy atom. The predicted molar refractivity (Wildman–Crippen MR) is 148 cm³/mol. The molecule has 0 fully saturated rings. The summed E-state index contributed by atoms with van der Waals surface area (Å²) in [5, 5.41) is 43.9. The Hall–Kier alpha value is 0.176. The van der Waals surface area contributed by atoms with E-state index in [0.29, 0.717) is 11.6 Å². The first-order valence-corrected chi connectivity index (χ1v) is 12.5. The molecule has 0 aliphatic rings. The number of nitrogens with one attached hydrogen (secondary N) is 1. The van der Waals surface area contributed by atoms with Gasteiger partial charge in [0, 0.05) is 148 Å². The average molecular weight is 913 g/mol. The first kappa shape index (κ1) is 51.0. The molecule has 0 unspecified atom stereocenters. The molecule has 0 bridgehead atoms. The molecule has 16 nitrogen and oxygen atoms in total. The van der Waals surface area contributed by atoms with E-state index in [2.05, 4.69) is 111 Å². The van der Waals surface area contributed by atoms with Gasteiger partial charge in [0.25, 0.3) is 0 Å². The fourth-order valence-corrected chi connectivity index (χ4v) is 2.58. The Bertz CT molecular complexity index is 1200. The fraction of sp³-hybridized carbons (Fsp3) is 0.667. The van der Waals surface area contributed by atoms with Crippen LogP contribution in [0.15, 0.2) is 0 Å². The first-order chi connectivity index (χ1) is 18.0. The van der Waals surface area contributed by atoms with Crippen molar-refractivity contribution in [3.8, 4) is 0 Å². The van der Waals surface area contributed by atoms with Crippen LogP contribution in [0, 0.1) is 27.9 Å². The van der Waals surface area contributed by atoms with Crippen LogP contribution >= 0.6 is 0 Å². The minimum atomic E-state index is -0.0943. The molecule has 0 atom stereocenters. The smallest absolute Gasteiger partial charge is 0.310 e. The van der Waals surface area contributed by atoms with Gasteiger partial charge >= 0.3 is 5.82 Å². The maximum atomic E-state index is 4.02. The molecule has 0 aliphatic carbocycles. The second kappa shape index (κ2) is 21.2. The van der Waals surface area contributed by atoms with Crippen molar-refractivity contribution in [2.45, 2.75) is 105 Å². The molecule has 0 amide bonds. The molecular formula is C24H45N16Y4-3. The summed E-state index contributed by atoms with van der Waals surface area (Å²) in [6.45, 7) is 31.6. The van der Waals surface area contributed by atoms with Crippen molar-refractivity contribution in [2.75, 3.05) is 0 Å². The van der Waals surface area contributed by atoms with Crippen molar-refractivity contribution < 1.29 is 136 Å². The molecular weight excluding hydrogens is 868 g/mol. The minimum absolute atomic E-state index is 0. The van der Waals surface area contributed by atoms with Crippen LogP contribution in [-0.4, -0.2) is 76.0 Å². The van der Waals surface area contributed by atoms with Gasteiger partial charge in [-0.15, -0.1) is 10.2 Å². The van der Waals surface area contributed by atoms with Crippen molar-refractivity contribution in [1.29, 1.82) is 0 Å².